The number of carbonyl (C=O) groups is 3. The Bertz CT molecular complexity index is 2290. The van der Waals surface area contributed by atoms with Crippen LogP contribution >= 0.6 is 0 Å². The lowest BCUT2D eigenvalue weighted by Gasteiger charge is -2.43. The molecule has 8 rings (SSSR count). The van der Waals surface area contributed by atoms with Crippen molar-refractivity contribution in [2.24, 2.45) is 5.73 Å². The maximum atomic E-state index is 14.4. The van der Waals surface area contributed by atoms with Crippen LogP contribution in [-0.2, 0) is 44.6 Å². The number of nitrogens with two attached hydrogens (primary N) is 1. The Kier molecular flexibility index (Phi) is 17.9. The molecule has 2 saturated carbocycles. The summed E-state index contributed by atoms with van der Waals surface area (Å²) < 4.78 is 52.7. The van der Waals surface area contributed by atoms with Crippen molar-refractivity contribution in [2.75, 3.05) is 11.9 Å². The summed E-state index contributed by atoms with van der Waals surface area (Å²) in [5.74, 6) is -2.17. The number of rotatable bonds is 16. The molecule has 2 spiro atoms. The van der Waals surface area contributed by atoms with Gasteiger partial charge in [0, 0.05) is 62.0 Å². The number of carbonyl (C=O) groups excluding carboxylic acids is 3. The summed E-state index contributed by atoms with van der Waals surface area (Å²) in [6.07, 6.45) is 10.2. The number of amides is 1. The molecule has 69 heavy (non-hydrogen) atoms. The van der Waals surface area contributed by atoms with E-state index in [-0.39, 0.29) is 72.6 Å². The number of ether oxygens (including phenoxy) is 6. The highest BCUT2D eigenvalue weighted by atomic mass is 19.1. The summed E-state index contributed by atoms with van der Waals surface area (Å²) in [6.45, 7) is 12.8. The topological polar surface area (TPSA) is 150 Å². The van der Waals surface area contributed by atoms with E-state index < -0.39 is 11.6 Å². The molecule has 2 aliphatic carbocycles. The molecule has 0 unspecified atom stereocenters. The van der Waals surface area contributed by atoms with Gasteiger partial charge in [-0.15, -0.1) is 0 Å². The first-order valence-corrected chi connectivity index (χ1v) is 25.4. The lowest BCUT2D eigenvalue weighted by Crippen LogP contribution is -2.48. The third-order valence-corrected chi connectivity index (χ3v) is 13.3. The summed E-state index contributed by atoms with van der Waals surface area (Å²) >= 11 is 0. The van der Waals surface area contributed by atoms with Gasteiger partial charge in [0.05, 0.1) is 60.7 Å². The normalized spacial score (nSPS) is 21.7. The fourth-order valence-corrected chi connectivity index (χ4v) is 10.6. The van der Waals surface area contributed by atoms with E-state index in [0.29, 0.717) is 43.6 Å². The van der Waals surface area contributed by atoms with E-state index in [9.17, 15) is 18.8 Å². The number of nitrogens with zero attached hydrogens (tertiary/aromatic N) is 1. The number of hydrogen-bond donors (Lipinski definition) is 2. The van der Waals surface area contributed by atoms with E-state index in [1.165, 1.54) is 12.1 Å². The van der Waals surface area contributed by atoms with Crippen molar-refractivity contribution >= 4 is 23.5 Å². The van der Waals surface area contributed by atoms with E-state index in [0.717, 1.165) is 92.3 Å². The number of nitrogens with one attached hydrogen (secondary N) is 1. The second-order valence-electron chi connectivity index (χ2n) is 20.0. The first-order chi connectivity index (χ1) is 33.1. The maximum absolute atomic E-state index is 14.4. The van der Waals surface area contributed by atoms with Crippen LogP contribution < -0.4 is 11.1 Å². The van der Waals surface area contributed by atoms with Gasteiger partial charge in [0.25, 0.3) is 5.91 Å². The molecule has 4 atom stereocenters. The van der Waals surface area contributed by atoms with Crippen molar-refractivity contribution in [2.45, 2.75) is 192 Å². The van der Waals surface area contributed by atoms with E-state index >= 15 is 0 Å². The zero-order valence-electron chi connectivity index (χ0n) is 41.5. The third-order valence-electron chi connectivity index (χ3n) is 13.3. The third kappa shape index (κ3) is 13.7. The van der Waals surface area contributed by atoms with Gasteiger partial charge in [0.2, 0.25) is 0 Å². The van der Waals surface area contributed by atoms with Crippen LogP contribution in [0.5, 0.6) is 0 Å². The monoisotopic (exact) mass is 952 g/mol. The Morgan fingerprint density at radius 3 is 1.62 bits per heavy atom. The summed E-state index contributed by atoms with van der Waals surface area (Å²) in [6, 6.07) is 25.9. The van der Waals surface area contributed by atoms with Crippen LogP contribution in [-0.4, -0.2) is 77.2 Å². The highest BCUT2D eigenvalue weighted by Crippen LogP contribution is 2.46. The Labute approximate surface area is 408 Å². The number of para-hydroxylation sites is 1. The van der Waals surface area contributed by atoms with Crippen LogP contribution in [0.1, 0.15) is 153 Å². The molecule has 4 fully saturated rings. The van der Waals surface area contributed by atoms with E-state index in [1.54, 1.807) is 12.1 Å². The van der Waals surface area contributed by atoms with E-state index in [4.69, 9.17) is 34.2 Å². The molecular weight excluding hydrogens is 878 g/mol. The van der Waals surface area contributed by atoms with Gasteiger partial charge in [0.1, 0.15) is 5.82 Å². The largest absolute Gasteiger partial charge is 0.463 e. The van der Waals surface area contributed by atoms with Gasteiger partial charge in [-0.2, -0.15) is 0 Å². The average Bonchev–Trinajstić information content (AvgIpc) is 4.03. The van der Waals surface area contributed by atoms with Gasteiger partial charge in [-0.3, -0.25) is 14.4 Å². The number of benzene rings is 3. The van der Waals surface area contributed by atoms with Crippen LogP contribution in [0.15, 0.2) is 84.9 Å². The fourth-order valence-electron chi connectivity index (χ4n) is 10.6. The van der Waals surface area contributed by atoms with Crippen LogP contribution in [0.25, 0.3) is 22.4 Å². The van der Waals surface area contributed by atoms with Gasteiger partial charge in [-0.25, -0.2) is 4.39 Å². The standard InChI is InChI=1S/C41H47FN2O5.C15H27NO4/c1-27(2)38-37(40(46)43-32-15-9-6-10-16-32)36(29-13-7-5-8-14-29)39(30-17-19-31(42)20-18-30)44(38)24-21-33-25-34(26-35(45)47-28(3)4)49-41(48-33)22-11-12-23-41;1-11(2)18-14(17)10-13-9-12(5-8-16)19-15(20-13)6-3-4-7-15/h5-10,13-20,27-28,33-34H,11-12,21-26H2,1-4H3,(H,43,46);11-13H,3-10,16H2,1-2H3/t33-,34-;12-,13-/m11/s1. The number of hydrogen-bond acceptors (Lipinski definition) is 10. The second kappa shape index (κ2) is 23.8. The van der Waals surface area contributed by atoms with Crippen molar-refractivity contribution in [3.05, 3.63) is 102 Å². The van der Waals surface area contributed by atoms with Gasteiger partial charge in [-0.1, -0.05) is 62.4 Å². The van der Waals surface area contributed by atoms with Crippen molar-refractivity contribution in [1.29, 1.82) is 0 Å². The molecule has 4 aliphatic rings. The van der Waals surface area contributed by atoms with Gasteiger partial charge in [-0.05, 0) is 126 Å². The first kappa shape index (κ1) is 51.9. The molecule has 1 aromatic heterocycles. The number of anilines is 1. The minimum absolute atomic E-state index is 0.0245. The highest BCUT2D eigenvalue weighted by molar-refractivity contribution is 6.12. The molecular formula is C56H74FN3O9. The second-order valence-corrected chi connectivity index (χ2v) is 20.0. The van der Waals surface area contributed by atoms with Crippen LogP contribution in [0.2, 0.25) is 0 Å². The van der Waals surface area contributed by atoms with Gasteiger partial charge in [0.15, 0.2) is 11.6 Å². The summed E-state index contributed by atoms with van der Waals surface area (Å²) in [4.78, 5) is 38.9. The van der Waals surface area contributed by atoms with Crippen molar-refractivity contribution in [3.63, 3.8) is 0 Å². The SMILES string of the molecule is CC(C)OC(=O)C[C@H]1C[C@@H](CCN)OC2(CCCC2)O1.CC(C)OC(=O)C[C@H]1C[C@@H](CCn2c(-c3ccc(F)cc3)c(-c3ccccc3)c(C(=O)Nc3ccccc3)c2C(C)C)OC2(CCCC2)O1. The predicted molar refractivity (Wildman–Crippen MR) is 265 cm³/mol. The van der Waals surface area contributed by atoms with Crippen LogP contribution in [0, 0.1) is 5.82 Å². The summed E-state index contributed by atoms with van der Waals surface area (Å²) in [5.41, 5.74) is 11.2. The molecule has 0 bridgehead atoms. The number of halogens is 1. The molecule has 3 aromatic carbocycles. The molecule has 4 aromatic rings. The number of esters is 2. The maximum Gasteiger partial charge on any atom is 0.308 e. The Balaban J connectivity index is 0.000000293. The zero-order valence-corrected chi connectivity index (χ0v) is 41.5. The Morgan fingerprint density at radius 2 is 1.14 bits per heavy atom. The molecule has 3 heterocycles. The minimum Gasteiger partial charge on any atom is -0.463 e. The zero-order chi connectivity index (χ0) is 49.1. The molecule has 2 saturated heterocycles. The van der Waals surface area contributed by atoms with E-state index in [2.05, 4.69) is 23.7 Å². The van der Waals surface area contributed by atoms with Gasteiger partial charge >= 0.3 is 11.9 Å². The Hall–Kier alpha value is -4.92. The fraction of sp³-hybridized carbons (Fsp3) is 0.554. The quantitative estimate of drug-likeness (QED) is 0.104. The van der Waals surface area contributed by atoms with Crippen molar-refractivity contribution in [3.8, 4) is 22.4 Å². The summed E-state index contributed by atoms with van der Waals surface area (Å²) in [5, 5.41) is 3.14. The van der Waals surface area contributed by atoms with Crippen molar-refractivity contribution < 1.29 is 47.2 Å². The molecule has 13 heteroatoms. The smallest absolute Gasteiger partial charge is 0.308 e. The minimum atomic E-state index is -0.695. The summed E-state index contributed by atoms with van der Waals surface area (Å²) in [7, 11) is 0. The van der Waals surface area contributed by atoms with E-state index in [1.807, 2.05) is 88.4 Å². The van der Waals surface area contributed by atoms with Crippen molar-refractivity contribution in [1.82, 2.24) is 4.57 Å². The predicted octanol–water partition coefficient (Wildman–Crippen LogP) is 11.6. The molecule has 3 N–H and O–H groups in total. The Morgan fingerprint density at radius 1 is 0.667 bits per heavy atom. The lowest BCUT2D eigenvalue weighted by atomic mass is 9.94. The highest BCUT2D eigenvalue weighted by Gasteiger charge is 2.46. The van der Waals surface area contributed by atoms with Crippen LogP contribution in [0.3, 0.4) is 0 Å². The molecule has 2 aliphatic heterocycles. The van der Waals surface area contributed by atoms with Gasteiger partial charge < -0.3 is 44.0 Å². The molecule has 0 radical (unpaired) electrons. The molecule has 12 nitrogen and oxygen atoms in total. The first-order valence-electron chi connectivity index (χ1n) is 25.4. The molecule has 374 valence electrons. The molecule has 1 amide bonds. The lowest BCUT2D eigenvalue weighted by molar-refractivity contribution is -0.316. The van der Waals surface area contributed by atoms with Crippen LogP contribution in [0.4, 0.5) is 10.1 Å². The average molecular weight is 952 g/mol. The number of aromatic nitrogens is 1.